The third-order valence-electron chi connectivity index (χ3n) is 5.48. The summed E-state index contributed by atoms with van der Waals surface area (Å²) in [4.78, 5) is 32.0. The van der Waals surface area contributed by atoms with E-state index >= 15 is 0 Å². The molecule has 1 fully saturated rings. The molecule has 0 N–H and O–H groups in total. The Kier molecular flexibility index (Phi) is 5.13. The number of rotatable bonds is 4. The van der Waals surface area contributed by atoms with Gasteiger partial charge in [0.25, 0.3) is 5.91 Å². The molecule has 1 amide bonds. The lowest BCUT2D eigenvalue weighted by Gasteiger charge is -2.31. The number of Topliss-reactive ketones (excluding diaryl/α,β-unsaturated/α-hetero) is 1. The Morgan fingerprint density at radius 2 is 1.82 bits per heavy atom. The van der Waals surface area contributed by atoms with Crippen LogP contribution in [-0.4, -0.2) is 39.2 Å². The van der Waals surface area contributed by atoms with Gasteiger partial charge in [0.05, 0.1) is 5.56 Å². The average Bonchev–Trinajstić information content (AvgIpc) is 3.35. The lowest BCUT2D eigenvalue weighted by atomic mass is 9.88. The van der Waals surface area contributed by atoms with Crippen molar-refractivity contribution >= 4 is 23.0 Å². The number of thiazole rings is 1. The number of piperidine rings is 1. The second-order valence-corrected chi connectivity index (χ2v) is 8.10. The molecule has 5 nitrogen and oxygen atoms in total. The van der Waals surface area contributed by atoms with Gasteiger partial charge in [-0.2, -0.15) is 0 Å². The maximum atomic E-state index is 13.1. The molecule has 0 saturated carbocycles. The van der Waals surface area contributed by atoms with Crippen LogP contribution in [0.15, 0.2) is 48.0 Å². The lowest BCUT2D eigenvalue weighted by molar-refractivity contribution is 0.0649. The van der Waals surface area contributed by atoms with E-state index < -0.39 is 0 Å². The lowest BCUT2D eigenvalue weighted by Crippen LogP contribution is -2.40. The summed E-state index contributed by atoms with van der Waals surface area (Å²) in [5.41, 5.74) is 3.41. The third-order valence-corrected chi connectivity index (χ3v) is 6.24. The van der Waals surface area contributed by atoms with Gasteiger partial charge in [-0.15, -0.1) is 11.3 Å². The molecule has 1 aliphatic rings. The molecule has 6 heteroatoms. The minimum absolute atomic E-state index is 0.00537. The molecule has 28 heavy (non-hydrogen) atoms. The topological polar surface area (TPSA) is 55.2 Å². The smallest absolute Gasteiger partial charge is 0.255 e. The maximum Gasteiger partial charge on any atom is 0.255 e. The molecule has 0 atom stereocenters. The van der Waals surface area contributed by atoms with E-state index in [1.165, 1.54) is 0 Å². The van der Waals surface area contributed by atoms with E-state index in [1.807, 2.05) is 65.1 Å². The Hall–Kier alpha value is -2.73. The zero-order valence-electron chi connectivity index (χ0n) is 16.1. The minimum atomic E-state index is -0.00537. The third kappa shape index (κ3) is 3.40. The first-order chi connectivity index (χ1) is 13.6. The second kappa shape index (κ2) is 7.72. The monoisotopic (exact) mass is 393 g/mol. The Bertz CT molecular complexity index is 984. The molecule has 2 aromatic heterocycles. The van der Waals surface area contributed by atoms with E-state index in [0.29, 0.717) is 25.9 Å². The summed E-state index contributed by atoms with van der Waals surface area (Å²) in [7, 11) is 0. The summed E-state index contributed by atoms with van der Waals surface area (Å²) in [6.07, 6.45) is 3.20. The number of likely N-dealkylation sites (tertiary alicyclic amines) is 1. The summed E-state index contributed by atoms with van der Waals surface area (Å²) < 4.78 is 2.03. The van der Waals surface area contributed by atoms with E-state index in [9.17, 15) is 9.59 Å². The van der Waals surface area contributed by atoms with Crippen LogP contribution in [0.1, 0.15) is 44.9 Å². The van der Waals surface area contributed by atoms with Gasteiger partial charge in [-0.05, 0) is 32.8 Å². The van der Waals surface area contributed by atoms with Crippen molar-refractivity contribution in [1.29, 1.82) is 0 Å². The predicted octanol–water partition coefficient (Wildman–Crippen LogP) is 4.29. The summed E-state index contributed by atoms with van der Waals surface area (Å²) in [6, 6.07) is 11.4. The largest absolute Gasteiger partial charge is 0.339 e. The number of hydrogen-bond acceptors (Lipinski definition) is 4. The molecular weight excluding hydrogens is 370 g/mol. The molecule has 0 bridgehead atoms. The predicted molar refractivity (Wildman–Crippen MR) is 110 cm³/mol. The molecule has 1 aliphatic heterocycles. The van der Waals surface area contributed by atoms with E-state index in [0.717, 1.165) is 27.6 Å². The van der Waals surface area contributed by atoms with Crippen molar-refractivity contribution in [3.63, 3.8) is 0 Å². The zero-order chi connectivity index (χ0) is 19.7. The fourth-order valence-electron chi connectivity index (χ4n) is 3.95. The number of carbonyl (C=O) groups excluding carboxylic acids is 2. The summed E-state index contributed by atoms with van der Waals surface area (Å²) in [6.45, 7) is 5.19. The van der Waals surface area contributed by atoms with Crippen LogP contribution < -0.4 is 0 Å². The molecule has 144 valence electrons. The first kappa shape index (κ1) is 18.6. The summed E-state index contributed by atoms with van der Waals surface area (Å²) in [5, 5.41) is 2.81. The van der Waals surface area contributed by atoms with Crippen LogP contribution in [0.4, 0.5) is 0 Å². The summed E-state index contributed by atoms with van der Waals surface area (Å²) >= 11 is 1.56. The van der Waals surface area contributed by atoms with Crippen LogP contribution >= 0.6 is 11.3 Å². The van der Waals surface area contributed by atoms with Gasteiger partial charge in [0.15, 0.2) is 10.9 Å². The number of benzene rings is 1. The van der Waals surface area contributed by atoms with Crippen LogP contribution in [-0.2, 0) is 0 Å². The molecular formula is C22H23N3O2S. The van der Waals surface area contributed by atoms with Gasteiger partial charge in [-0.25, -0.2) is 4.98 Å². The van der Waals surface area contributed by atoms with Crippen molar-refractivity contribution in [3.8, 4) is 5.13 Å². The highest BCUT2D eigenvalue weighted by Crippen LogP contribution is 2.26. The Morgan fingerprint density at radius 3 is 2.46 bits per heavy atom. The molecule has 1 aromatic carbocycles. The van der Waals surface area contributed by atoms with Crippen molar-refractivity contribution in [2.24, 2.45) is 5.92 Å². The number of aryl methyl sites for hydroxylation is 1. The van der Waals surface area contributed by atoms with E-state index in [4.69, 9.17) is 0 Å². The first-order valence-electron chi connectivity index (χ1n) is 9.53. The fourth-order valence-corrected chi connectivity index (χ4v) is 4.70. The molecule has 3 heterocycles. The zero-order valence-corrected chi connectivity index (χ0v) is 16.9. The number of carbonyl (C=O) groups is 2. The highest BCUT2D eigenvalue weighted by Gasteiger charge is 2.30. The molecule has 4 rings (SSSR count). The molecule has 0 unspecified atom stereocenters. The first-order valence-corrected chi connectivity index (χ1v) is 10.4. The van der Waals surface area contributed by atoms with Gasteiger partial charge in [-0.1, -0.05) is 30.3 Å². The Labute approximate surface area is 168 Å². The Morgan fingerprint density at radius 1 is 1.11 bits per heavy atom. The van der Waals surface area contributed by atoms with Gasteiger partial charge in [0.1, 0.15) is 0 Å². The Balaban J connectivity index is 1.46. The van der Waals surface area contributed by atoms with Crippen LogP contribution in [0.25, 0.3) is 5.13 Å². The number of hydrogen-bond donors (Lipinski definition) is 0. The van der Waals surface area contributed by atoms with Gasteiger partial charge in [-0.3, -0.25) is 14.2 Å². The van der Waals surface area contributed by atoms with Gasteiger partial charge in [0.2, 0.25) is 0 Å². The molecule has 3 aromatic rings. The fraction of sp³-hybridized carbons (Fsp3) is 0.318. The van der Waals surface area contributed by atoms with Gasteiger partial charge < -0.3 is 4.90 Å². The van der Waals surface area contributed by atoms with Crippen LogP contribution in [0.5, 0.6) is 0 Å². The van der Waals surface area contributed by atoms with E-state index in [1.54, 1.807) is 17.5 Å². The van der Waals surface area contributed by atoms with Gasteiger partial charge >= 0.3 is 0 Å². The number of nitrogens with zero attached hydrogens (tertiary/aromatic N) is 3. The van der Waals surface area contributed by atoms with Crippen molar-refractivity contribution < 1.29 is 9.59 Å². The highest BCUT2D eigenvalue weighted by molar-refractivity contribution is 7.12. The van der Waals surface area contributed by atoms with Crippen LogP contribution in [0.3, 0.4) is 0 Å². The van der Waals surface area contributed by atoms with Crippen molar-refractivity contribution in [1.82, 2.24) is 14.5 Å². The van der Waals surface area contributed by atoms with Gasteiger partial charge in [0, 0.05) is 47.5 Å². The summed E-state index contributed by atoms with van der Waals surface area (Å²) in [5.74, 6) is 0.227. The molecule has 0 radical (unpaired) electrons. The number of ketones is 1. The van der Waals surface area contributed by atoms with Crippen molar-refractivity contribution in [2.45, 2.75) is 26.7 Å². The van der Waals surface area contributed by atoms with Crippen molar-refractivity contribution in [3.05, 3.63) is 70.5 Å². The minimum Gasteiger partial charge on any atom is -0.339 e. The molecule has 0 aliphatic carbocycles. The molecule has 1 saturated heterocycles. The highest BCUT2D eigenvalue weighted by atomic mass is 32.1. The molecule has 0 spiro atoms. The quantitative estimate of drug-likeness (QED) is 0.622. The van der Waals surface area contributed by atoms with Crippen LogP contribution in [0.2, 0.25) is 0 Å². The number of amides is 1. The SMILES string of the molecule is Cc1cc(C(=O)N2CCC(C(=O)c3ccccc3)CC2)c(C)n1-c1nccs1. The van der Waals surface area contributed by atoms with E-state index in [-0.39, 0.29) is 17.6 Å². The standard InChI is InChI=1S/C22H23N3O2S/c1-15-14-19(16(2)25(15)22-23-10-13-28-22)21(27)24-11-8-18(9-12-24)20(26)17-6-4-3-5-7-17/h3-7,10,13-14,18H,8-9,11-12H2,1-2H3. The van der Waals surface area contributed by atoms with Crippen LogP contribution in [0, 0.1) is 19.8 Å². The maximum absolute atomic E-state index is 13.1. The second-order valence-electron chi connectivity index (χ2n) is 7.23. The van der Waals surface area contributed by atoms with E-state index in [2.05, 4.69) is 4.98 Å². The normalized spacial score (nSPS) is 15.0. The van der Waals surface area contributed by atoms with Crippen molar-refractivity contribution in [2.75, 3.05) is 13.1 Å². The average molecular weight is 394 g/mol. The number of aromatic nitrogens is 2.